The molecule has 63 heavy (non-hydrogen) atoms. The lowest BCUT2D eigenvalue weighted by atomic mass is 9.68. The summed E-state index contributed by atoms with van der Waals surface area (Å²) in [5.74, 6) is 2.99. The lowest BCUT2D eigenvalue weighted by Crippen LogP contribution is -2.62. The molecule has 0 aliphatic carbocycles. The maximum atomic E-state index is 14.4. The second-order valence-corrected chi connectivity index (χ2v) is 23.2. The first kappa shape index (κ1) is 47.6. The van der Waals surface area contributed by atoms with Crippen LogP contribution in [0.3, 0.4) is 0 Å². The van der Waals surface area contributed by atoms with Crippen molar-refractivity contribution in [1.82, 2.24) is 15.3 Å². The number of nitrogens with two attached hydrogens (primary N) is 1. The summed E-state index contributed by atoms with van der Waals surface area (Å²) >= 11 is 0. The van der Waals surface area contributed by atoms with Crippen LogP contribution in [0.25, 0.3) is 10.9 Å². The number of nitrogens with zero attached hydrogens (tertiary/aromatic N) is 2. The first-order valence-electron chi connectivity index (χ1n) is 22.4. The van der Waals surface area contributed by atoms with Gasteiger partial charge in [0, 0.05) is 49.0 Å². The number of hydrazine groups is 1. The molecule has 0 saturated carbocycles. The number of hydrogen-bond acceptors (Lipinski definition) is 13. The number of cyclic esters (lactones) is 1. The number of anilines is 1. The second kappa shape index (κ2) is 19.9. The van der Waals surface area contributed by atoms with Gasteiger partial charge in [-0.2, -0.15) is 0 Å². The maximum absolute atomic E-state index is 14.4. The minimum atomic E-state index is -2.10. The number of ether oxygens (including phenoxy) is 4. The molecule has 5 unspecified atom stereocenters. The molecule has 16 heteroatoms. The highest BCUT2D eigenvalue weighted by Crippen LogP contribution is 2.52. The van der Waals surface area contributed by atoms with Gasteiger partial charge in [-0.1, -0.05) is 53.2 Å². The maximum Gasteiger partial charge on any atom is 0.509 e. The summed E-state index contributed by atoms with van der Waals surface area (Å²) in [5.41, 5.74) is 5.71. The Balaban J connectivity index is 1.14. The number of carbonyl (C=O) groups is 5. The Morgan fingerprint density at radius 3 is 2.48 bits per heavy atom. The number of esters is 1. The number of fused-ring (bicyclic) bond motifs is 5. The molecule has 1 aromatic heterocycles. The van der Waals surface area contributed by atoms with Gasteiger partial charge in [0.15, 0.2) is 5.78 Å². The molecule has 0 bridgehead atoms. The predicted molar refractivity (Wildman–Crippen MR) is 240 cm³/mol. The topological polar surface area (TPSA) is 198 Å². The number of pyridine rings is 1. The van der Waals surface area contributed by atoms with E-state index >= 15 is 0 Å². The van der Waals surface area contributed by atoms with E-state index in [4.69, 9.17) is 34.2 Å². The van der Waals surface area contributed by atoms with Crippen LogP contribution in [-0.2, 0) is 57.7 Å². The number of Topliss-reactive ketones (excluding diaryl/α,β-unsaturated/α-hetero) is 1. The van der Waals surface area contributed by atoms with Crippen LogP contribution in [0.1, 0.15) is 108 Å². The molecule has 15 nitrogen and oxygen atoms in total. The van der Waals surface area contributed by atoms with Crippen LogP contribution in [0.2, 0.25) is 18.1 Å². The standard InChI is InChI=1S/C47H65N5O10Si/c1-9-34-35-23-33(62-63(7,8)46(4,5)6)19-20-39(35)51-41-36(34)25-52-40(41)24-38-37(43(52)55)28-59-44(56)47(38,10-2)61-45(57)60-26-29-15-17-31(18-16-29)50-42(54)30(14-12-13-21-49-48)22-32(53)27-58-11-3/h15-20,23,30,37-38,40,49H,9-14,21-22,24-28,48H2,1-8H3,(H,50,54). The van der Waals surface area contributed by atoms with Crippen LogP contribution in [0.15, 0.2) is 42.5 Å². The number of nitrogens with one attached hydrogen (secondary N) is 2. The minimum absolute atomic E-state index is 0.0305. The van der Waals surface area contributed by atoms with Crippen LogP contribution in [-0.4, -0.2) is 79.9 Å². The molecule has 6 rings (SSSR count). The summed E-state index contributed by atoms with van der Waals surface area (Å²) in [6, 6.07) is 12.4. The zero-order chi connectivity index (χ0) is 45.7. The van der Waals surface area contributed by atoms with Gasteiger partial charge in [0.2, 0.25) is 25.7 Å². The molecule has 3 aliphatic rings. The normalized spacial score (nSPS) is 21.2. The highest BCUT2D eigenvalue weighted by atomic mass is 28.4. The van der Waals surface area contributed by atoms with Crippen LogP contribution in [0.4, 0.5) is 10.5 Å². The van der Waals surface area contributed by atoms with Crippen molar-refractivity contribution in [3.05, 3.63) is 64.8 Å². The number of aromatic nitrogens is 1. The van der Waals surface area contributed by atoms with E-state index in [1.54, 1.807) is 38.1 Å². The van der Waals surface area contributed by atoms with Crippen LogP contribution in [0.5, 0.6) is 5.75 Å². The lowest BCUT2D eigenvalue weighted by molar-refractivity contribution is -0.206. The zero-order valence-electron chi connectivity index (χ0n) is 38.1. The summed E-state index contributed by atoms with van der Waals surface area (Å²) in [6.45, 7) is 17.8. The monoisotopic (exact) mass is 887 g/mol. The molecule has 3 aromatic rings. The molecule has 4 N–H and O–H groups in total. The zero-order valence-corrected chi connectivity index (χ0v) is 39.1. The van der Waals surface area contributed by atoms with Gasteiger partial charge >= 0.3 is 12.1 Å². The van der Waals surface area contributed by atoms with E-state index in [1.165, 1.54) is 0 Å². The molecule has 4 heterocycles. The highest BCUT2D eigenvalue weighted by molar-refractivity contribution is 6.74. The van der Waals surface area contributed by atoms with E-state index in [1.807, 2.05) is 17.0 Å². The molecule has 2 aromatic carbocycles. The molecule has 2 fully saturated rings. The Bertz CT molecular complexity index is 2180. The number of rotatable bonds is 19. The van der Waals surface area contributed by atoms with Crippen molar-refractivity contribution in [1.29, 1.82) is 0 Å². The van der Waals surface area contributed by atoms with E-state index in [0.717, 1.165) is 46.3 Å². The number of unbranched alkanes of at least 4 members (excludes halogenated alkanes) is 1. The molecule has 2 saturated heterocycles. The van der Waals surface area contributed by atoms with E-state index < -0.39 is 49.8 Å². The van der Waals surface area contributed by atoms with Crippen molar-refractivity contribution in [3.8, 4) is 5.75 Å². The van der Waals surface area contributed by atoms with Crippen LogP contribution >= 0.6 is 0 Å². The smallest absolute Gasteiger partial charge is 0.509 e. The van der Waals surface area contributed by atoms with E-state index in [-0.39, 0.29) is 55.3 Å². The Hall–Kier alpha value is -4.90. The van der Waals surface area contributed by atoms with Crippen molar-refractivity contribution in [2.24, 2.45) is 23.6 Å². The lowest BCUT2D eigenvalue weighted by Gasteiger charge is -2.49. The molecular weight excluding hydrogens is 823 g/mol. The summed E-state index contributed by atoms with van der Waals surface area (Å²) in [7, 11) is -2.10. The molecule has 342 valence electrons. The number of amides is 2. The fraction of sp³-hybridized carbons (Fsp3) is 0.574. The summed E-state index contributed by atoms with van der Waals surface area (Å²) < 4.78 is 29.1. The van der Waals surface area contributed by atoms with Crippen LogP contribution < -0.4 is 21.0 Å². The number of hydrogen-bond donors (Lipinski definition) is 3. The first-order valence-corrected chi connectivity index (χ1v) is 25.3. The third-order valence-electron chi connectivity index (χ3n) is 13.5. The van der Waals surface area contributed by atoms with Crippen molar-refractivity contribution in [2.45, 2.75) is 129 Å². The van der Waals surface area contributed by atoms with Crippen molar-refractivity contribution < 1.29 is 47.3 Å². The third-order valence-corrected chi connectivity index (χ3v) is 17.8. The van der Waals surface area contributed by atoms with Gasteiger partial charge in [-0.3, -0.25) is 30.6 Å². The first-order chi connectivity index (χ1) is 30.0. The van der Waals surface area contributed by atoms with E-state index in [2.05, 4.69) is 57.6 Å². The minimum Gasteiger partial charge on any atom is -0.543 e. The second-order valence-electron chi connectivity index (χ2n) is 18.5. The molecule has 3 aliphatic heterocycles. The van der Waals surface area contributed by atoms with Gasteiger partial charge in [0.1, 0.15) is 25.6 Å². The van der Waals surface area contributed by atoms with E-state index in [0.29, 0.717) is 50.2 Å². The van der Waals surface area contributed by atoms with Crippen molar-refractivity contribution in [2.75, 3.05) is 31.7 Å². The third kappa shape index (κ3) is 10.2. The number of piperidine rings is 1. The van der Waals surface area contributed by atoms with Gasteiger partial charge in [-0.15, -0.1) is 0 Å². The number of benzene rings is 2. The molecule has 2 amide bonds. The van der Waals surface area contributed by atoms with Gasteiger partial charge in [0.25, 0.3) is 0 Å². The fourth-order valence-electron chi connectivity index (χ4n) is 8.90. The van der Waals surface area contributed by atoms with Crippen molar-refractivity contribution >= 4 is 54.6 Å². The Labute approximate surface area is 371 Å². The molecule has 0 radical (unpaired) electrons. The Kier molecular flexibility index (Phi) is 15.0. The van der Waals surface area contributed by atoms with Gasteiger partial charge in [0.05, 0.1) is 23.2 Å². The Morgan fingerprint density at radius 1 is 1.06 bits per heavy atom. The molecule has 5 atom stereocenters. The van der Waals surface area contributed by atoms with E-state index in [9.17, 15) is 24.0 Å². The SMILES string of the molecule is CCOCC(=O)CC(CCCCNN)C(=O)Nc1ccc(COC(=O)OC2(CC)C(=O)OCC3C(=O)N4Cc5c(nc6ccc(O[Si](C)(C)C(C)(C)C)cc6c5CC)C4CC32)cc1. The number of aryl methyl sites for hydroxylation is 1. The average molecular weight is 888 g/mol. The summed E-state index contributed by atoms with van der Waals surface area (Å²) in [5, 5.41) is 3.93. The average Bonchev–Trinajstić information content (AvgIpc) is 3.61. The summed E-state index contributed by atoms with van der Waals surface area (Å²) in [6.07, 6.45) is 2.14. The van der Waals surface area contributed by atoms with Gasteiger partial charge in [-0.25, -0.2) is 9.59 Å². The van der Waals surface area contributed by atoms with Crippen LogP contribution in [0, 0.1) is 17.8 Å². The fourth-order valence-corrected chi connectivity index (χ4v) is 9.93. The number of ketones is 1. The predicted octanol–water partition coefficient (Wildman–Crippen LogP) is 7.44. The van der Waals surface area contributed by atoms with Gasteiger partial charge in [-0.05, 0) is 104 Å². The van der Waals surface area contributed by atoms with Gasteiger partial charge < -0.3 is 33.6 Å². The molecule has 0 spiro atoms. The van der Waals surface area contributed by atoms with Crippen molar-refractivity contribution in [3.63, 3.8) is 0 Å². The Morgan fingerprint density at radius 2 is 1.81 bits per heavy atom. The summed E-state index contributed by atoms with van der Waals surface area (Å²) in [4.78, 5) is 74.3. The highest BCUT2D eigenvalue weighted by Gasteiger charge is 2.62. The number of carbonyl (C=O) groups excluding carboxylic acids is 5. The quantitative estimate of drug-likeness (QED) is 0.0353. The largest absolute Gasteiger partial charge is 0.543 e. The molecular formula is C47H65N5O10Si.